The van der Waals surface area contributed by atoms with Crippen LogP contribution >= 0.6 is 23.2 Å². The molecule has 110 valence electrons. The lowest BCUT2D eigenvalue weighted by Crippen LogP contribution is -1.86. The first-order valence-corrected chi connectivity index (χ1v) is 7.73. The Morgan fingerprint density at radius 1 is 0.850 bits per heavy atom. The second kappa shape index (κ2) is 10.8. The molecule has 0 aliphatic heterocycles. The monoisotopic (exact) mass is 310 g/mol. The van der Waals surface area contributed by atoms with Crippen LogP contribution in [0.25, 0.3) is 0 Å². The third-order valence-corrected chi connectivity index (χ3v) is 3.09. The molecule has 0 saturated heterocycles. The first-order valence-electron chi connectivity index (χ1n) is 6.97. The van der Waals surface area contributed by atoms with Crippen LogP contribution in [0, 0.1) is 6.92 Å². The van der Waals surface area contributed by atoms with Crippen LogP contribution in [0.1, 0.15) is 44.7 Å². The fraction of sp³-hybridized carbons (Fsp3) is 0.333. The molecule has 2 rings (SSSR count). The van der Waals surface area contributed by atoms with Gasteiger partial charge >= 0.3 is 0 Å². The van der Waals surface area contributed by atoms with Gasteiger partial charge in [0.05, 0.1) is 0 Å². The molecule has 0 unspecified atom stereocenters. The van der Waals surface area contributed by atoms with Crippen molar-refractivity contribution in [2.45, 2.75) is 40.5 Å². The van der Waals surface area contributed by atoms with Crippen LogP contribution in [0.2, 0.25) is 10.0 Å². The summed E-state index contributed by atoms with van der Waals surface area (Å²) in [5.41, 5.74) is 2.43. The Kier molecular flexibility index (Phi) is 10.2. The third kappa shape index (κ3) is 7.57. The third-order valence-electron chi connectivity index (χ3n) is 2.51. The maximum absolute atomic E-state index is 5.92. The zero-order chi connectivity index (χ0) is 15.5. The Bertz CT molecular complexity index is 473. The number of hydrogen-bond acceptors (Lipinski definition) is 0. The molecule has 2 aromatic carbocycles. The SMILES string of the molecule is CC.CC(C)c1ccccc1Cl.Cc1cccc(Cl)c1. The zero-order valence-corrected chi connectivity index (χ0v) is 14.5. The van der Waals surface area contributed by atoms with Crippen molar-refractivity contribution >= 4 is 23.2 Å². The Hall–Kier alpha value is -0.980. The fourth-order valence-electron chi connectivity index (χ4n) is 1.55. The van der Waals surface area contributed by atoms with Crippen LogP contribution in [-0.4, -0.2) is 0 Å². The van der Waals surface area contributed by atoms with Gasteiger partial charge in [-0.25, -0.2) is 0 Å². The van der Waals surface area contributed by atoms with Gasteiger partial charge in [0.1, 0.15) is 0 Å². The van der Waals surface area contributed by atoms with E-state index in [1.807, 2.05) is 63.2 Å². The summed E-state index contributed by atoms with van der Waals surface area (Å²) in [5, 5.41) is 1.68. The van der Waals surface area contributed by atoms with Crippen molar-refractivity contribution in [1.82, 2.24) is 0 Å². The Morgan fingerprint density at radius 2 is 1.45 bits per heavy atom. The van der Waals surface area contributed by atoms with Crippen molar-refractivity contribution in [3.8, 4) is 0 Å². The summed E-state index contributed by atoms with van der Waals surface area (Å²) in [5.74, 6) is 0.522. The molecule has 0 nitrogen and oxygen atoms in total. The van der Waals surface area contributed by atoms with Gasteiger partial charge in [0.15, 0.2) is 0 Å². The molecular weight excluding hydrogens is 287 g/mol. The average Bonchev–Trinajstić information content (AvgIpc) is 2.41. The van der Waals surface area contributed by atoms with Gasteiger partial charge in [-0.15, -0.1) is 0 Å². The minimum absolute atomic E-state index is 0.522. The van der Waals surface area contributed by atoms with Crippen LogP contribution < -0.4 is 0 Å². The number of halogens is 2. The van der Waals surface area contributed by atoms with Gasteiger partial charge in [-0.2, -0.15) is 0 Å². The fourth-order valence-corrected chi connectivity index (χ4v) is 2.15. The number of hydrogen-bond donors (Lipinski definition) is 0. The van der Waals surface area contributed by atoms with Crippen molar-refractivity contribution < 1.29 is 0 Å². The summed E-state index contributed by atoms with van der Waals surface area (Å²) in [6.07, 6.45) is 0. The zero-order valence-electron chi connectivity index (χ0n) is 13.0. The lowest BCUT2D eigenvalue weighted by molar-refractivity contribution is 0.867. The highest BCUT2D eigenvalue weighted by atomic mass is 35.5. The summed E-state index contributed by atoms with van der Waals surface area (Å²) >= 11 is 11.6. The van der Waals surface area contributed by atoms with Gasteiger partial charge in [-0.05, 0) is 42.2 Å². The molecule has 0 bridgehead atoms. The highest BCUT2D eigenvalue weighted by Gasteiger charge is 2.01. The second-order valence-corrected chi connectivity index (χ2v) is 5.32. The Balaban J connectivity index is 0.000000327. The molecular formula is C18H24Cl2. The largest absolute Gasteiger partial charge is 0.0843 e. The molecule has 0 spiro atoms. The minimum atomic E-state index is 0.522. The van der Waals surface area contributed by atoms with Gasteiger partial charge in [-0.3, -0.25) is 0 Å². The Morgan fingerprint density at radius 3 is 1.80 bits per heavy atom. The van der Waals surface area contributed by atoms with Crippen LogP contribution in [0.15, 0.2) is 48.5 Å². The van der Waals surface area contributed by atoms with E-state index >= 15 is 0 Å². The molecule has 0 radical (unpaired) electrons. The quantitative estimate of drug-likeness (QED) is 0.525. The van der Waals surface area contributed by atoms with E-state index in [9.17, 15) is 0 Å². The second-order valence-electron chi connectivity index (χ2n) is 4.48. The number of aryl methyl sites for hydroxylation is 1. The first-order chi connectivity index (χ1) is 9.50. The van der Waals surface area contributed by atoms with Crippen LogP contribution in [0.3, 0.4) is 0 Å². The van der Waals surface area contributed by atoms with Crippen molar-refractivity contribution in [3.63, 3.8) is 0 Å². The van der Waals surface area contributed by atoms with E-state index in [4.69, 9.17) is 23.2 Å². The molecule has 0 fully saturated rings. The number of benzene rings is 2. The highest BCUT2D eigenvalue weighted by molar-refractivity contribution is 6.31. The lowest BCUT2D eigenvalue weighted by Gasteiger charge is -2.05. The molecule has 0 heterocycles. The maximum atomic E-state index is 5.92. The highest BCUT2D eigenvalue weighted by Crippen LogP contribution is 2.22. The molecule has 2 aromatic rings. The van der Waals surface area contributed by atoms with Crippen molar-refractivity contribution in [1.29, 1.82) is 0 Å². The summed E-state index contributed by atoms with van der Waals surface area (Å²) < 4.78 is 0. The molecule has 0 amide bonds. The van der Waals surface area contributed by atoms with Gasteiger partial charge in [0, 0.05) is 10.0 Å². The predicted octanol–water partition coefficient (Wildman–Crippen LogP) is 7.14. The van der Waals surface area contributed by atoms with E-state index in [1.165, 1.54) is 11.1 Å². The smallest absolute Gasteiger partial charge is 0.0440 e. The topological polar surface area (TPSA) is 0 Å². The first kappa shape index (κ1) is 19.0. The van der Waals surface area contributed by atoms with Crippen molar-refractivity contribution in [3.05, 3.63) is 69.7 Å². The average molecular weight is 311 g/mol. The summed E-state index contributed by atoms with van der Waals surface area (Å²) in [4.78, 5) is 0. The molecule has 0 atom stereocenters. The summed E-state index contributed by atoms with van der Waals surface area (Å²) in [7, 11) is 0. The predicted molar refractivity (Wildman–Crippen MR) is 93.1 cm³/mol. The van der Waals surface area contributed by atoms with Gasteiger partial charge in [0.2, 0.25) is 0 Å². The lowest BCUT2D eigenvalue weighted by atomic mass is 10.0. The van der Waals surface area contributed by atoms with Gasteiger partial charge in [-0.1, -0.05) is 81.2 Å². The molecule has 0 saturated carbocycles. The number of rotatable bonds is 1. The van der Waals surface area contributed by atoms with E-state index in [1.54, 1.807) is 0 Å². The van der Waals surface area contributed by atoms with Crippen LogP contribution in [0.4, 0.5) is 0 Å². The molecule has 0 aliphatic carbocycles. The summed E-state index contributed by atoms with van der Waals surface area (Å²) in [6.45, 7) is 10.3. The van der Waals surface area contributed by atoms with Gasteiger partial charge in [0.25, 0.3) is 0 Å². The van der Waals surface area contributed by atoms with E-state index in [0.717, 1.165) is 10.0 Å². The molecule has 2 heteroatoms. The maximum Gasteiger partial charge on any atom is 0.0440 e. The van der Waals surface area contributed by atoms with E-state index in [-0.39, 0.29) is 0 Å². The van der Waals surface area contributed by atoms with Crippen molar-refractivity contribution in [2.24, 2.45) is 0 Å². The molecule has 20 heavy (non-hydrogen) atoms. The molecule has 0 aliphatic rings. The van der Waals surface area contributed by atoms with Crippen LogP contribution in [-0.2, 0) is 0 Å². The van der Waals surface area contributed by atoms with Crippen molar-refractivity contribution in [2.75, 3.05) is 0 Å². The van der Waals surface area contributed by atoms with Gasteiger partial charge < -0.3 is 0 Å². The van der Waals surface area contributed by atoms with Crippen LogP contribution in [0.5, 0.6) is 0 Å². The normalized spacial score (nSPS) is 9.20. The minimum Gasteiger partial charge on any atom is -0.0843 e. The molecule has 0 N–H and O–H groups in total. The van der Waals surface area contributed by atoms with E-state index in [0.29, 0.717) is 5.92 Å². The Labute approximate surface area is 133 Å². The molecule has 0 aromatic heterocycles. The van der Waals surface area contributed by atoms with E-state index < -0.39 is 0 Å². The van der Waals surface area contributed by atoms with E-state index in [2.05, 4.69) is 19.9 Å². The standard InChI is InChI=1S/C9H11Cl.C7H7Cl.C2H6/c1-7(2)8-5-3-4-6-9(8)10;1-6-3-2-4-7(8)5-6;1-2/h3-7H,1-2H3;2-5H,1H3;1-2H3. The summed E-state index contributed by atoms with van der Waals surface area (Å²) in [6, 6.07) is 15.7.